The number of rotatable bonds is 2. The molecule has 0 saturated heterocycles. The third kappa shape index (κ3) is 2.18. The number of ether oxygens (including phenoxy) is 1. The highest BCUT2D eigenvalue weighted by Gasteiger charge is 2.09. The lowest BCUT2D eigenvalue weighted by Crippen LogP contribution is -2.09. The first-order chi connectivity index (χ1) is 8.63. The molecule has 0 spiro atoms. The van der Waals surface area contributed by atoms with Crippen molar-refractivity contribution in [1.29, 1.82) is 0 Å². The zero-order chi connectivity index (χ0) is 13.1. The predicted octanol–water partition coefficient (Wildman–Crippen LogP) is 2.86. The highest BCUT2D eigenvalue weighted by Crippen LogP contribution is 2.21. The number of carbonyl (C=O) groups is 2. The van der Waals surface area contributed by atoms with Gasteiger partial charge >= 0.3 is 6.09 Å². The van der Waals surface area contributed by atoms with Crippen molar-refractivity contribution in [2.75, 3.05) is 7.11 Å². The maximum absolute atomic E-state index is 11.5. The standard InChI is InChI=1S/C14H13NO3/c1-10(16)6-7-11-4-3-5-13-12(11)8-9-15(13)14(17)18-2/h3-9H,1-2H3/b7-6+. The number of ketones is 1. The molecule has 0 N–H and O–H groups in total. The van der Waals surface area contributed by atoms with Gasteiger partial charge in [0.15, 0.2) is 5.78 Å². The second kappa shape index (κ2) is 4.87. The molecular weight excluding hydrogens is 230 g/mol. The minimum atomic E-state index is -0.433. The second-order valence-corrected chi connectivity index (χ2v) is 3.88. The Morgan fingerprint density at radius 3 is 2.72 bits per heavy atom. The second-order valence-electron chi connectivity index (χ2n) is 3.88. The number of fused-ring (bicyclic) bond motifs is 1. The summed E-state index contributed by atoms with van der Waals surface area (Å²) in [5.41, 5.74) is 1.65. The monoisotopic (exact) mass is 243 g/mol. The summed E-state index contributed by atoms with van der Waals surface area (Å²) < 4.78 is 6.12. The summed E-state index contributed by atoms with van der Waals surface area (Å²) in [5.74, 6) is -0.0144. The molecular formula is C14H13NO3. The topological polar surface area (TPSA) is 48.3 Å². The van der Waals surface area contributed by atoms with Crippen molar-refractivity contribution in [3.8, 4) is 0 Å². The van der Waals surface area contributed by atoms with Gasteiger partial charge in [0.1, 0.15) is 0 Å². The van der Waals surface area contributed by atoms with Crippen LogP contribution in [-0.2, 0) is 9.53 Å². The third-order valence-electron chi connectivity index (χ3n) is 2.64. The minimum Gasteiger partial charge on any atom is -0.452 e. The summed E-state index contributed by atoms with van der Waals surface area (Å²) in [6.45, 7) is 1.50. The van der Waals surface area contributed by atoms with Gasteiger partial charge in [-0.25, -0.2) is 4.79 Å². The number of hydrogen-bond acceptors (Lipinski definition) is 3. The van der Waals surface area contributed by atoms with Crippen molar-refractivity contribution in [2.24, 2.45) is 0 Å². The number of benzene rings is 1. The normalized spacial score (nSPS) is 11.0. The summed E-state index contributed by atoms with van der Waals surface area (Å²) >= 11 is 0. The Hall–Kier alpha value is -2.36. The number of methoxy groups -OCH3 is 1. The predicted molar refractivity (Wildman–Crippen MR) is 69.5 cm³/mol. The molecule has 0 radical (unpaired) electrons. The smallest absolute Gasteiger partial charge is 0.418 e. The molecule has 0 aliphatic heterocycles. The van der Waals surface area contributed by atoms with Gasteiger partial charge in [0.2, 0.25) is 0 Å². The van der Waals surface area contributed by atoms with Crippen LogP contribution < -0.4 is 0 Å². The fraction of sp³-hybridized carbons (Fsp3) is 0.143. The Balaban J connectivity index is 2.55. The molecule has 92 valence electrons. The van der Waals surface area contributed by atoms with E-state index in [0.29, 0.717) is 0 Å². The van der Waals surface area contributed by atoms with Crippen LogP contribution >= 0.6 is 0 Å². The Labute approximate surface area is 104 Å². The van der Waals surface area contributed by atoms with E-state index < -0.39 is 6.09 Å². The van der Waals surface area contributed by atoms with E-state index in [4.69, 9.17) is 4.74 Å². The molecule has 0 aliphatic rings. The van der Waals surface area contributed by atoms with E-state index >= 15 is 0 Å². The molecule has 2 rings (SSSR count). The highest BCUT2D eigenvalue weighted by atomic mass is 16.5. The number of hydrogen-bond donors (Lipinski definition) is 0. The SMILES string of the molecule is COC(=O)n1ccc2c(/C=C/C(C)=O)cccc21. The van der Waals surface area contributed by atoms with Crippen molar-refractivity contribution in [3.05, 3.63) is 42.1 Å². The average Bonchev–Trinajstić information content (AvgIpc) is 2.79. The maximum Gasteiger partial charge on any atom is 0.418 e. The summed E-state index contributed by atoms with van der Waals surface area (Å²) in [6, 6.07) is 7.38. The van der Waals surface area contributed by atoms with Crippen LogP contribution in [0.25, 0.3) is 17.0 Å². The lowest BCUT2D eigenvalue weighted by molar-refractivity contribution is -0.112. The van der Waals surface area contributed by atoms with Gasteiger partial charge in [-0.05, 0) is 30.7 Å². The van der Waals surface area contributed by atoms with Gasteiger partial charge in [-0.2, -0.15) is 0 Å². The highest BCUT2D eigenvalue weighted by molar-refractivity contribution is 5.98. The summed E-state index contributed by atoms with van der Waals surface area (Å²) in [6.07, 6.45) is 4.47. The fourth-order valence-electron chi connectivity index (χ4n) is 1.80. The Morgan fingerprint density at radius 2 is 2.06 bits per heavy atom. The molecule has 4 nitrogen and oxygen atoms in total. The van der Waals surface area contributed by atoms with Crippen molar-refractivity contribution in [2.45, 2.75) is 6.92 Å². The van der Waals surface area contributed by atoms with Gasteiger partial charge < -0.3 is 4.74 Å². The van der Waals surface area contributed by atoms with E-state index in [2.05, 4.69) is 0 Å². The Bertz CT molecular complexity index is 638. The lowest BCUT2D eigenvalue weighted by atomic mass is 10.1. The van der Waals surface area contributed by atoms with Gasteiger partial charge in [0, 0.05) is 11.6 Å². The summed E-state index contributed by atoms with van der Waals surface area (Å²) in [7, 11) is 1.34. The molecule has 4 heteroatoms. The Kier molecular flexibility index (Phi) is 3.28. The molecule has 1 heterocycles. The fourth-order valence-corrected chi connectivity index (χ4v) is 1.80. The van der Waals surface area contributed by atoms with Crippen LogP contribution in [0.4, 0.5) is 4.79 Å². The number of aromatic nitrogens is 1. The van der Waals surface area contributed by atoms with E-state index in [1.54, 1.807) is 12.3 Å². The lowest BCUT2D eigenvalue weighted by Gasteiger charge is -2.02. The van der Waals surface area contributed by atoms with Crippen molar-refractivity contribution in [3.63, 3.8) is 0 Å². The van der Waals surface area contributed by atoms with E-state index in [0.717, 1.165) is 16.5 Å². The molecule has 1 aromatic carbocycles. The van der Waals surface area contributed by atoms with E-state index in [9.17, 15) is 9.59 Å². The van der Waals surface area contributed by atoms with Crippen molar-refractivity contribution in [1.82, 2.24) is 4.57 Å². The summed E-state index contributed by atoms with van der Waals surface area (Å²) in [4.78, 5) is 22.5. The van der Waals surface area contributed by atoms with Crippen LogP contribution in [0, 0.1) is 0 Å². The van der Waals surface area contributed by atoms with E-state index in [1.165, 1.54) is 24.7 Å². The number of allylic oxidation sites excluding steroid dienone is 1. The van der Waals surface area contributed by atoms with Crippen LogP contribution in [0.3, 0.4) is 0 Å². The first-order valence-corrected chi connectivity index (χ1v) is 5.50. The first-order valence-electron chi connectivity index (χ1n) is 5.50. The van der Waals surface area contributed by atoms with Crippen molar-refractivity contribution >= 4 is 28.9 Å². The molecule has 2 aromatic rings. The third-order valence-corrected chi connectivity index (χ3v) is 2.64. The molecule has 0 atom stereocenters. The molecule has 0 fully saturated rings. The van der Waals surface area contributed by atoms with Crippen LogP contribution in [0.5, 0.6) is 0 Å². The summed E-state index contributed by atoms with van der Waals surface area (Å²) in [5, 5.41) is 0.903. The molecule has 0 aliphatic carbocycles. The van der Waals surface area contributed by atoms with Crippen LogP contribution in [0.1, 0.15) is 12.5 Å². The minimum absolute atomic E-state index is 0.0144. The van der Waals surface area contributed by atoms with Crippen LogP contribution in [0.2, 0.25) is 0 Å². The van der Waals surface area contributed by atoms with Crippen LogP contribution in [-0.4, -0.2) is 23.6 Å². The molecule has 0 amide bonds. The number of nitrogens with zero attached hydrogens (tertiary/aromatic N) is 1. The van der Waals surface area contributed by atoms with E-state index in [-0.39, 0.29) is 5.78 Å². The zero-order valence-electron chi connectivity index (χ0n) is 10.2. The average molecular weight is 243 g/mol. The molecule has 0 unspecified atom stereocenters. The maximum atomic E-state index is 11.5. The van der Waals surface area contributed by atoms with E-state index in [1.807, 2.05) is 24.3 Å². The molecule has 1 aromatic heterocycles. The molecule has 18 heavy (non-hydrogen) atoms. The van der Waals surface area contributed by atoms with Crippen molar-refractivity contribution < 1.29 is 14.3 Å². The Morgan fingerprint density at radius 1 is 1.28 bits per heavy atom. The van der Waals surface area contributed by atoms with Gasteiger partial charge in [-0.1, -0.05) is 18.2 Å². The molecule has 0 bridgehead atoms. The largest absolute Gasteiger partial charge is 0.452 e. The van der Waals surface area contributed by atoms with Gasteiger partial charge in [0.05, 0.1) is 12.6 Å². The molecule has 0 saturated carbocycles. The van der Waals surface area contributed by atoms with Gasteiger partial charge in [-0.15, -0.1) is 0 Å². The first kappa shape index (κ1) is 12.1. The van der Waals surface area contributed by atoms with Gasteiger partial charge in [-0.3, -0.25) is 9.36 Å². The number of carbonyl (C=O) groups excluding carboxylic acids is 2. The zero-order valence-corrected chi connectivity index (χ0v) is 10.2. The quantitative estimate of drug-likeness (QED) is 0.762. The van der Waals surface area contributed by atoms with Gasteiger partial charge in [0.25, 0.3) is 0 Å². The van der Waals surface area contributed by atoms with Crippen LogP contribution in [0.15, 0.2) is 36.5 Å².